The van der Waals surface area contributed by atoms with Crippen LogP contribution in [0.3, 0.4) is 0 Å². The first-order chi connectivity index (χ1) is 11.5. The van der Waals surface area contributed by atoms with Crippen LogP contribution in [0.2, 0.25) is 6.04 Å². The molecule has 0 aromatic rings. The van der Waals surface area contributed by atoms with Crippen molar-refractivity contribution in [2.45, 2.75) is 91.7 Å². The van der Waals surface area contributed by atoms with E-state index in [1.807, 2.05) is 27.7 Å². The van der Waals surface area contributed by atoms with Crippen molar-refractivity contribution in [3.05, 3.63) is 0 Å². The van der Waals surface area contributed by atoms with Crippen molar-refractivity contribution in [3.63, 3.8) is 0 Å². The third-order valence-electron chi connectivity index (χ3n) is 3.78. The van der Waals surface area contributed by atoms with E-state index < -0.39 is 8.80 Å². The van der Waals surface area contributed by atoms with E-state index in [1.54, 1.807) is 0 Å². The van der Waals surface area contributed by atoms with Crippen LogP contribution >= 0.6 is 12.2 Å². The molecule has 0 saturated carbocycles. The van der Waals surface area contributed by atoms with E-state index >= 15 is 0 Å². The minimum Gasteiger partial charge on any atom is -0.484 e. The Bertz CT molecular complexity index is 298. The van der Waals surface area contributed by atoms with E-state index in [4.69, 9.17) is 30.2 Å². The number of unbranched alkanes of at least 4 members (excludes halogenated alkanes) is 5. The summed E-state index contributed by atoms with van der Waals surface area (Å²) in [7, 11) is -2.69. The first-order valence-corrected chi connectivity index (χ1v) is 12.0. The van der Waals surface area contributed by atoms with Crippen LogP contribution in [0.4, 0.5) is 0 Å². The molecule has 0 aromatic carbocycles. The number of hydrogen-bond donors (Lipinski definition) is 0. The highest BCUT2D eigenvalue weighted by Crippen LogP contribution is 2.24. The highest BCUT2D eigenvalue weighted by Gasteiger charge is 2.43. The second-order valence-electron chi connectivity index (χ2n) is 5.97. The van der Waals surface area contributed by atoms with Crippen molar-refractivity contribution in [2.24, 2.45) is 0 Å². The fourth-order valence-corrected chi connectivity index (χ4v) is 5.73. The Kier molecular flexibility index (Phi) is 15.2. The van der Waals surface area contributed by atoms with Crippen LogP contribution in [0.1, 0.15) is 79.6 Å². The summed E-state index contributed by atoms with van der Waals surface area (Å²) in [6, 6.07) is 0.672. The van der Waals surface area contributed by atoms with Crippen LogP contribution < -0.4 is 0 Å². The summed E-state index contributed by atoms with van der Waals surface area (Å²) < 4.78 is 23.8. The molecule has 0 aromatic heterocycles. The zero-order valence-corrected chi connectivity index (χ0v) is 18.2. The van der Waals surface area contributed by atoms with Gasteiger partial charge in [-0.2, -0.15) is 0 Å². The lowest BCUT2D eigenvalue weighted by molar-refractivity contribution is 0.0565. The Labute approximate surface area is 156 Å². The van der Waals surface area contributed by atoms with E-state index in [1.165, 1.54) is 32.1 Å². The molecule has 0 N–H and O–H groups in total. The fourth-order valence-electron chi connectivity index (χ4n) is 2.83. The minimum absolute atomic E-state index is 0.0185. The predicted molar refractivity (Wildman–Crippen MR) is 107 cm³/mol. The van der Waals surface area contributed by atoms with Gasteiger partial charge in [0.2, 0.25) is 0 Å². The van der Waals surface area contributed by atoms with Crippen molar-refractivity contribution in [2.75, 3.05) is 19.8 Å². The van der Waals surface area contributed by atoms with Gasteiger partial charge in [0.05, 0.1) is 6.04 Å². The van der Waals surface area contributed by atoms with E-state index in [0.717, 1.165) is 12.8 Å². The van der Waals surface area contributed by atoms with Crippen molar-refractivity contribution >= 4 is 26.1 Å². The molecule has 0 aliphatic rings. The molecule has 0 amide bonds. The quantitative estimate of drug-likeness (QED) is 0.201. The third kappa shape index (κ3) is 11.5. The maximum Gasteiger partial charge on any atom is 0.504 e. The predicted octanol–water partition coefficient (Wildman–Crippen LogP) is 5.52. The van der Waals surface area contributed by atoms with Gasteiger partial charge in [-0.1, -0.05) is 39.0 Å². The smallest absolute Gasteiger partial charge is 0.484 e. The van der Waals surface area contributed by atoms with Crippen LogP contribution in [0.25, 0.3) is 0 Å². The number of ether oxygens (including phenoxy) is 1. The molecule has 0 bridgehead atoms. The van der Waals surface area contributed by atoms with Gasteiger partial charge in [0.1, 0.15) is 6.10 Å². The number of thiocarbonyl (C=S) groups is 1. The minimum atomic E-state index is -2.69. The van der Waals surface area contributed by atoms with E-state index in [9.17, 15) is 0 Å². The standard InChI is InChI=1S/C18H38O4SSi/c1-6-10-11-12-13-14-15-18(22-17(5)23)16-24(19-7-2,20-8-3)21-9-4/h18H,6-16H2,1-5H3. The second-order valence-corrected chi connectivity index (χ2v) is 9.19. The molecular formula is C18H38O4SSi. The first kappa shape index (κ1) is 24.0. The summed E-state index contributed by atoms with van der Waals surface area (Å²) in [5.41, 5.74) is 0. The second kappa shape index (κ2) is 15.3. The van der Waals surface area contributed by atoms with Crippen molar-refractivity contribution < 1.29 is 18.0 Å². The summed E-state index contributed by atoms with van der Waals surface area (Å²) in [5, 5.41) is 0.582. The van der Waals surface area contributed by atoms with Crippen molar-refractivity contribution in [1.29, 1.82) is 0 Å². The molecule has 0 fully saturated rings. The molecule has 0 aliphatic carbocycles. The highest BCUT2D eigenvalue weighted by atomic mass is 32.1. The maximum atomic E-state index is 5.95. The zero-order valence-electron chi connectivity index (χ0n) is 16.4. The van der Waals surface area contributed by atoms with Gasteiger partial charge in [0, 0.05) is 26.7 Å². The van der Waals surface area contributed by atoms with Gasteiger partial charge >= 0.3 is 8.80 Å². The Morgan fingerprint density at radius 2 is 1.33 bits per heavy atom. The largest absolute Gasteiger partial charge is 0.504 e. The normalized spacial score (nSPS) is 13.0. The molecule has 0 heterocycles. The van der Waals surface area contributed by atoms with Crippen LogP contribution in [0.15, 0.2) is 0 Å². The van der Waals surface area contributed by atoms with Gasteiger partial charge in [-0.25, -0.2) is 0 Å². The Hall–Kier alpha value is -0.0131. The molecule has 0 spiro atoms. The topological polar surface area (TPSA) is 36.9 Å². The van der Waals surface area contributed by atoms with Gasteiger partial charge < -0.3 is 18.0 Å². The molecule has 1 unspecified atom stereocenters. The van der Waals surface area contributed by atoms with E-state index in [2.05, 4.69) is 6.92 Å². The molecule has 0 rings (SSSR count). The molecule has 6 heteroatoms. The monoisotopic (exact) mass is 378 g/mol. The van der Waals surface area contributed by atoms with Crippen molar-refractivity contribution in [1.82, 2.24) is 0 Å². The van der Waals surface area contributed by atoms with Gasteiger partial charge in [-0.3, -0.25) is 0 Å². The first-order valence-electron chi connectivity index (χ1n) is 9.62. The lowest BCUT2D eigenvalue weighted by Crippen LogP contribution is -2.49. The third-order valence-corrected chi connectivity index (χ3v) is 7.02. The highest BCUT2D eigenvalue weighted by molar-refractivity contribution is 7.80. The summed E-state index contributed by atoms with van der Waals surface area (Å²) in [6.45, 7) is 11.8. The van der Waals surface area contributed by atoms with Crippen LogP contribution in [-0.4, -0.2) is 39.8 Å². The summed E-state index contributed by atoms with van der Waals surface area (Å²) in [6.07, 6.45) is 8.60. The lowest BCUT2D eigenvalue weighted by atomic mass is 10.1. The van der Waals surface area contributed by atoms with Gasteiger partial charge in [0.15, 0.2) is 5.05 Å². The Balaban J connectivity index is 4.64. The number of hydrogen-bond acceptors (Lipinski definition) is 5. The van der Waals surface area contributed by atoms with Gasteiger partial charge in [-0.05, 0) is 45.8 Å². The average Bonchev–Trinajstić information content (AvgIpc) is 2.50. The average molecular weight is 379 g/mol. The van der Waals surface area contributed by atoms with E-state index in [-0.39, 0.29) is 6.10 Å². The van der Waals surface area contributed by atoms with Gasteiger partial charge in [0.25, 0.3) is 0 Å². The van der Waals surface area contributed by atoms with Crippen LogP contribution in [0, 0.1) is 0 Å². The van der Waals surface area contributed by atoms with E-state index in [0.29, 0.717) is 30.9 Å². The lowest BCUT2D eigenvalue weighted by Gasteiger charge is -2.31. The maximum absolute atomic E-state index is 5.95. The van der Waals surface area contributed by atoms with Crippen LogP contribution in [-0.2, 0) is 18.0 Å². The molecule has 144 valence electrons. The molecule has 0 aliphatic heterocycles. The molecule has 1 atom stereocenters. The summed E-state index contributed by atoms with van der Waals surface area (Å²) >= 11 is 5.16. The Morgan fingerprint density at radius 3 is 1.79 bits per heavy atom. The summed E-state index contributed by atoms with van der Waals surface area (Å²) in [4.78, 5) is 0. The molecule has 0 saturated heterocycles. The van der Waals surface area contributed by atoms with Crippen LogP contribution in [0.5, 0.6) is 0 Å². The molecule has 24 heavy (non-hydrogen) atoms. The zero-order chi connectivity index (χ0) is 18.3. The Morgan fingerprint density at radius 1 is 0.833 bits per heavy atom. The summed E-state index contributed by atoms with van der Waals surface area (Å²) in [5.74, 6) is 0. The molecule has 0 radical (unpaired) electrons. The van der Waals surface area contributed by atoms with Crippen molar-refractivity contribution in [3.8, 4) is 0 Å². The SMILES string of the molecule is CCCCCCCCC(C[Si](OCC)(OCC)OCC)OC(C)=S. The molecule has 4 nitrogen and oxygen atoms in total. The number of rotatable bonds is 16. The van der Waals surface area contributed by atoms with Gasteiger partial charge in [-0.15, -0.1) is 0 Å². The molecular weight excluding hydrogens is 340 g/mol. The fraction of sp³-hybridized carbons (Fsp3) is 0.944.